The van der Waals surface area contributed by atoms with Crippen LogP contribution in [0.1, 0.15) is 39.0 Å². The molecule has 5 nitrogen and oxygen atoms in total. The van der Waals surface area contributed by atoms with Crippen molar-refractivity contribution in [2.45, 2.75) is 45.1 Å². The van der Waals surface area contributed by atoms with Crippen LogP contribution in [0, 0.1) is 5.92 Å². The maximum Gasteiger partial charge on any atom is 0.384 e. The second-order valence-corrected chi connectivity index (χ2v) is 4.96. The smallest absolute Gasteiger partial charge is 0.384 e. The Morgan fingerprint density at radius 1 is 1.47 bits per heavy atom. The molecule has 0 saturated heterocycles. The van der Waals surface area contributed by atoms with Crippen molar-refractivity contribution in [3.05, 3.63) is 12.7 Å². The molecule has 0 aromatic rings. The van der Waals surface area contributed by atoms with E-state index in [1.807, 2.05) is 13.0 Å². The lowest BCUT2D eigenvalue weighted by Gasteiger charge is -2.14. The van der Waals surface area contributed by atoms with E-state index in [0.717, 1.165) is 32.1 Å². The van der Waals surface area contributed by atoms with E-state index in [0.29, 0.717) is 12.5 Å². The Labute approximate surface area is 114 Å². The van der Waals surface area contributed by atoms with Gasteiger partial charge in [0.05, 0.1) is 12.6 Å². The molecule has 5 heteroatoms. The van der Waals surface area contributed by atoms with E-state index in [-0.39, 0.29) is 12.1 Å². The summed E-state index contributed by atoms with van der Waals surface area (Å²) in [6.45, 7) is 5.75. The van der Waals surface area contributed by atoms with Crippen molar-refractivity contribution in [3.8, 4) is 0 Å². The number of aliphatic imine (C=N–C) groups is 1. The molecular weight excluding hydrogens is 246 g/mol. The first kappa shape index (κ1) is 15.5. The maximum atomic E-state index is 10.5. The average molecular weight is 269 g/mol. The predicted octanol–water partition coefficient (Wildman–Crippen LogP) is 2.62. The average Bonchev–Trinajstić information content (AvgIpc) is 2.85. The Balaban J connectivity index is 2.47. The Morgan fingerprint density at radius 2 is 2.16 bits per heavy atom. The van der Waals surface area contributed by atoms with Crippen molar-refractivity contribution < 1.29 is 19.4 Å². The van der Waals surface area contributed by atoms with Gasteiger partial charge in [-0.25, -0.2) is 9.79 Å². The van der Waals surface area contributed by atoms with Crippen molar-refractivity contribution in [2.75, 3.05) is 13.2 Å². The van der Waals surface area contributed by atoms with E-state index < -0.39 is 12.6 Å². The number of carbonyl (C=O) groups is 1. The summed E-state index contributed by atoms with van der Waals surface area (Å²) < 4.78 is 10.6. The molecule has 0 aromatic heterocycles. The van der Waals surface area contributed by atoms with Gasteiger partial charge in [0.2, 0.25) is 0 Å². The highest BCUT2D eigenvalue weighted by molar-refractivity contribution is 5.74. The largest absolute Gasteiger partial charge is 0.479 e. The van der Waals surface area contributed by atoms with Crippen LogP contribution in [0.3, 0.4) is 0 Å². The van der Waals surface area contributed by atoms with E-state index >= 15 is 0 Å². The first-order valence-electron chi connectivity index (χ1n) is 6.78. The second kappa shape index (κ2) is 8.56. The zero-order valence-corrected chi connectivity index (χ0v) is 11.5. The summed E-state index contributed by atoms with van der Waals surface area (Å²) >= 11 is 0. The lowest BCUT2D eigenvalue weighted by molar-refractivity contribution is -0.140. The fourth-order valence-electron chi connectivity index (χ4n) is 1.99. The highest BCUT2D eigenvalue weighted by Crippen LogP contribution is 2.21. The predicted molar refractivity (Wildman–Crippen MR) is 73.2 cm³/mol. The van der Waals surface area contributed by atoms with Gasteiger partial charge in [-0.05, 0) is 25.2 Å². The number of carboxylic acids is 1. The lowest BCUT2D eigenvalue weighted by atomic mass is 10.1. The summed E-state index contributed by atoms with van der Waals surface area (Å²) in [6.07, 6.45) is 7.15. The molecule has 1 N–H and O–H groups in total. The van der Waals surface area contributed by atoms with Crippen LogP contribution in [0.2, 0.25) is 0 Å². The SMILES string of the molecule is C=CC[C@H](C)COC(=NC1CCCC1)OCC(=O)O. The van der Waals surface area contributed by atoms with Crippen LogP contribution in [0.4, 0.5) is 0 Å². The summed E-state index contributed by atoms with van der Waals surface area (Å²) in [5.74, 6) is -0.721. The van der Waals surface area contributed by atoms with Gasteiger partial charge in [0.25, 0.3) is 0 Å². The van der Waals surface area contributed by atoms with Crippen molar-refractivity contribution in [1.29, 1.82) is 0 Å². The Kier molecular flexibility index (Phi) is 7.00. The number of hydrogen-bond donors (Lipinski definition) is 1. The minimum atomic E-state index is -1.03. The van der Waals surface area contributed by atoms with Gasteiger partial charge in [-0.1, -0.05) is 25.8 Å². The Morgan fingerprint density at radius 3 is 2.74 bits per heavy atom. The molecule has 0 radical (unpaired) electrons. The summed E-state index contributed by atoms with van der Waals surface area (Å²) in [4.78, 5) is 14.9. The third-order valence-corrected chi connectivity index (χ3v) is 2.99. The number of rotatable bonds is 7. The third-order valence-electron chi connectivity index (χ3n) is 2.99. The molecule has 19 heavy (non-hydrogen) atoms. The van der Waals surface area contributed by atoms with Gasteiger partial charge < -0.3 is 14.6 Å². The van der Waals surface area contributed by atoms with Crippen LogP contribution in [-0.4, -0.2) is 36.4 Å². The molecule has 0 heterocycles. The molecule has 0 unspecified atom stereocenters. The quantitative estimate of drug-likeness (QED) is 0.438. The third kappa shape index (κ3) is 6.84. The molecule has 1 rings (SSSR count). The van der Waals surface area contributed by atoms with Crippen LogP contribution < -0.4 is 0 Å². The van der Waals surface area contributed by atoms with Crippen molar-refractivity contribution in [1.82, 2.24) is 0 Å². The summed E-state index contributed by atoms with van der Waals surface area (Å²) in [7, 11) is 0. The molecule has 1 aliphatic carbocycles. The van der Waals surface area contributed by atoms with Crippen molar-refractivity contribution in [2.24, 2.45) is 10.9 Å². The standard InChI is InChI=1S/C14H23NO4/c1-3-6-11(2)9-18-14(19-10-13(16)17)15-12-7-4-5-8-12/h3,11-12H,1,4-10H2,2H3,(H,16,17)/t11-/m0/s1. The molecule has 108 valence electrons. The zero-order valence-electron chi connectivity index (χ0n) is 11.5. The van der Waals surface area contributed by atoms with Gasteiger partial charge in [0.15, 0.2) is 6.61 Å². The van der Waals surface area contributed by atoms with Crippen LogP contribution >= 0.6 is 0 Å². The Bertz CT molecular complexity index is 321. The molecule has 1 aliphatic rings. The molecule has 1 atom stereocenters. The second-order valence-electron chi connectivity index (χ2n) is 4.96. The minimum Gasteiger partial charge on any atom is -0.479 e. The number of ether oxygens (including phenoxy) is 2. The monoisotopic (exact) mass is 269 g/mol. The van der Waals surface area contributed by atoms with Crippen molar-refractivity contribution >= 4 is 12.1 Å². The summed E-state index contributed by atoms with van der Waals surface area (Å²) in [6, 6.07) is 0.207. The normalized spacial score (nSPS) is 18.1. The molecule has 0 aliphatic heterocycles. The van der Waals surface area contributed by atoms with E-state index in [4.69, 9.17) is 14.6 Å². The molecule has 0 aromatic carbocycles. The first-order valence-corrected chi connectivity index (χ1v) is 6.78. The van der Waals surface area contributed by atoms with Gasteiger partial charge in [-0.15, -0.1) is 6.58 Å². The summed E-state index contributed by atoms with van der Waals surface area (Å²) in [5, 5.41) is 8.64. The van der Waals surface area contributed by atoms with Gasteiger partial charge in [-0.2, -0.15) is 0 Å². The summed E-state index contributed by atoms with van der Waals surface area (Å²) in [5.41, 5.74) is 0. The van der Waals surface area contributed by atoms with E-state index in [9.17, 15) is 4.79 Å². The van der Waals surface area contributed by atoms with Gasteiger partial charge in [0.1, 0.15) is 0 Å². The molecule has 1 fully saturated rings. The minimum absolute atomic E-state index is 0.116. The topological polar surface area (TPSA) is 68.1 Å². The number of allylic oxidation sites excluding steroid dienone is 1. The fraction of sp³-hybridized carbons (Fsp3) is 0.714. The van der Waals surface area contributed by atoms with E-state index in [2.05, 4.69) is 11.6 Å². The molecule has 0 spiro atoms. The van der Waals surface area contributed by atoms with Crippen LogP contribution in [-0.2, 0) is 14.3 Å². The lowest BCUT2D eigenvalue weighted by Crippen LogP contribution is -2.20. The van der Waals surface area contributed by atoms with E-state index in [1.54, 1.807) is 0 Å². The maximum absolute atomic E-state index is 10.5. The van der Waals surface area contributed by atoms with Crippen LogP contribution in [0.15, 0.2) is 17.6 Å². The van der Waals surface area contributed by atoms with Crippen LogP contribution in [0.25, 0.3) is 0 Å². The highest BCUT2D eigenvalue weighted by Gasteiger charge is 2.17. The van der Waals surface area contributed by atoms with Gasteiger partial charge in [0, 0.05) is 0 Å². The molecular formula is C14H23NO4. The Hall–Kier alpha value is -1.52. The zero-order chi connectivity index (χ0) is 14.1. The first-order chi connectivity index (χ1) is 9.11. The highest BCUT2D eigenvalue weighted by atomic mass is 16.7. The fourth-order valence-corrected chi connectivity index (χ4v) is 1.99. The van der Waals surface area contributed by atoms with Gasteiger partial charge >= 0.3 is 12.1 Å². The number of aliphatic carboxylic acids is 1. The molecule has 0 amide bonds. The van der Waals surface area contributed by atoms with E-state index in [1.165, 1.54) is 0 Å². The molecule has 0 bridgehead atoms. The van der Waals surface area contributed by atoms with Crippen molar-refractivity contribution in [3.63, 3.8) is 0 Å². The van der Waals surface area contributed by atoms with Crippen LogP contribution in [0.5, 0.6) is 0 Å². The molecule has 1 saturated carbocycles. The van der Waals surface area contributed by atoms with Gasteiger partial charge in [-0.3, -0.25) is 0 Å². The number of hydrogen-bond acceptors (Lipinski definition) is 4. The number of nitrogens with zero attached hydrogens (tertiary/aromatic N) is 1. The number of carboxylic acid groups (broad SMARTS) is 1.